The fourth-order valence-electron chi connectivity index (χ4n) is 3.46. The molecule has 0 aliphatic heterocycles. The summed E-state index contributed by atoms with van der Waals surface area (Å²) in [6.07, 6.45) is 2.02. The van der Waals surface area contributed by atoms with Crippen molar-refractivity contribution >= 4 is 11.5 Å². The Morgan fingerprint density at radius 2 is 1.18 bits per heavy atom. The van der Waals surface area contributed by atoms with Crippen molar-refractivity contribution < 1.29 is 9.90 Å². The van der Waals surface area contributed by atoms with E-state index in [-0.39, 0.29) is 5.92 Å². The van der Waals surface area contributed by atoms with Gasteiger partial charge < -0.3 is 5.11 Å². The molecule has 140 valence electrons. The van der Waals surface area contributed by atoms with Gasteiger partial charge in [0, 0.05) is 11.5 Å². The van der Waals surface area contributed by atoms with Crippen molar-refractivity contribution in [2.75, 3.05) is 0 Å². The molecule has 0 radical (unpaired) electrons. The van der Waals surface area contributed by atoms with Gasteiger partial charge in [0.2, 0.25) is 0 Å². The van der Waals surface area contributed by atoms with Crippen LogP contribution in [0.2, 0.25) is 0 Å². The van der Waals surface area contributed by atoms with Gasteiger partial charge in [-0.3, -0.25) is 0 Å². The zero-order valence-electron chi connectivity index (χ0n) is 16.2. The number of benzene rings is 3. The molecule has 0 saturated carbocycles. The molecule has 2 heteroatoms. The Bertz CT molecular complexity index is 945. The predicted molar refractivity (Wildman–Crippen MR) is 115 cm³/mol. The maximum absolute atomic E-state index is 11.7. The highest BCUT2D eigenvalue weighted by molar-refractivity contribution is 5.98. The summed E-state index contributed by atoms with van der Waals surface area (Å²) in [4.78, 5) is 11.7. The van der Waals surface area contributed by atoms with Crippen molar-refractivity contribution in [3.8, 4) is 0 Å². The van der Waals surface area contributed by atoms with Crippen LogP contribution in [0.25, 0.3) is 5.57 Å². The topological polar surface area (TPSA) is 37.3 Å². The molecular formula is C26H24O2. The summed E-state index contributed by atoms with van der Waals surface area (Å²) in [6, 6.07) is 30.3. The Morgan fingerprint density at radius 1 is 0.750 bits per heavy atom. The Morgan fingerprint density at radius 3 is 1.61 bits per heavy atom. The Balaban J connectivity index is 2.15. The number of carboxylic acid groups (broad SMARTS) is 1. The van der Waals surface area contributed by atoms with E-state index in [2.05, 4.69) is 31.2 Å². The summed E-state index contributed by atoms with van der Waals surface area (Å²) in [7, 11) is 0. The lowest BCUT2D eigenvalue weighted by Crippen LogP contribution is -2.05. The molecule has 0 aliphatic rings. The van der Waals surface area contributed by atoms with E-state index < -0.39 is 5.97 Å². The van der Waals surface area contributed by atoms with Crippen LogP contribution in [0.5, 0.6) is 0 Å². The zero-order valence-corrected chi connectivity index (χ0v) is 16.2. The second-order valence-corrected chi connectivity index (χ2v) is 6.85. The van der Waals surface area contributed by atoms with Gasteiger partial charge in [-0.15, -0.1) is 0 Å². The number of hydrogen-bond acceptors (Lipinski definition) is 1. The second kappa shape index (κ2) is 9.01. The summed E-state index contributed by atoms with van der Waals surface area (Å²) in [5.41, 5.74) is 5.44. The summed E-state index contributed by atoms with van der Waals surface area (Å²) in [5, 5.41) is 9.61. The first-order chi connectivity index (χ1) is 13.6. The summed E-state index contributed by atoms with van der Waals surface area (Å²) in [6.45, 7) is 3.73. The van der Waals surface area contributed by atoms with Gasteiger partial charge in [-0.25, -0.2) is 4.79 Å². The van der Waals surface area contributed by atoms with Gasteiger partial charge in [-0.2, -0.15) is 0 Å². The number of carboxylic acids is 1. The first-order valence-corrected chi connectivity index (χ1v) is 9.35. The fraction of sp³-hybridized carbons (Fsp3) is 0.115. The highest BCUT2D eigenvalue weighted by Crippen LogP contribution is 2.34. The quantitative estimate of drug-likeness (QED) is 0.408. The maximum Gasteiger partial charge on any atom is 0.331 e. The minimum atomic E-state index is -0.904. The van der Waals surface area contributed by atoms with Gasteiger partial charge in [-0.1, -0.05) is 103 Å². The minimum absolute atomic E-state index is 0.0581. The molecule has 0 fully saturated rings. The number of rotatable bonds is 6. The largest absolute Gasteiger partial charge is 0.478 e. The third-order valence-corrected chi connectivity index (χ3v) is 4.90. The van der Waals surface area contributed by atoms with E-state index in [1.165, 1.54) is 11.1 Å². The molecule has 1 N–H and O–H groups in total. The maximum atomic E-state index is 11.7. The molecule has 3 rings (SSSR count). The van der Waals surface area contributed by atoms with Crippen LogP contribution >= 0.6 is 0 Å². The van der Waals surface area contributed by atoms with E-state index in [0.29, 0.717) is 5.57 Å². The van der Waals surface area contributed by atoms with Crippen LogP contribution < -0.4 is 0 Å². The summed E-state index contributed by atoms with van der Waals surface area (Å²) < 4.78 is 0. The molecule has 0 unspecified atom stereocenters. The van der Waals surface area contributed by atoms with Crippen molar-refractivity contribution in [1.29, 1.82) is 0 Å². The smallest absolute Gasteiger partial charge is 0.331 e. The zero-order chi connectivity index (χ0) is 19.9. The lowest BCUT2D eigenvalue weighted by Gasteiger charge is -2.20. The molecule has 0 bridgehead atoms. The van der Waals surface area contributed by atoms with Crippen molar-refractivity contribution in [1.82, 2.24) is 0 Å². The highest BCUT2D eigenvalue weighted by Gasteiger charge is 2.18. The highest BCUT2D eigenvalue weighted by atomic mass is 16.4. The van der Waals surface area contributed by atoms with E-state index in [4.69, 9.17) is 0 Å². The van der Waals surface area contributed by atoms with Gasteiger partial charge in [0.25, 0.3) is 0 Å². The summed E-state index contributed by atoms with van der Waals surface area (Å²) >= 11 is 0. The van der Waals surface area contributed by atoms with Crippen LogP contribution in [0.4, 0.5) is 0 Å². The molecule has 2 nitrogen and oxygen atoms in total. The van der Waals surface area contributed by atoms with Crippen LogP contribution in [-0.2, 0) is 4.79 Å². The molecule has 0 spiro atoms. The second-order valence-electron chi connectivity index (χ2n) is 6.85. The lowest BCUT2D eigenvalue weighted by molar-refractivity contribution is -0.132. The molecule has 0 aromatic heterocycles. The third-order valence-electron chi connectivity index (χ3n) is 4.90. The lowest BCUT2D eigenvalue weighted by atomic mass is 9.84. The van der Waals surface area contributed by atoms with E-state index in [9.17, 15) is 9.90 Å². The first kappa shape index (κ1) is 19.4. The van der Waals surface area contributed by atoms with Crippen molar-refractivity contribution in [3.05, 3.63) is 125 Å². The van der Waals surface area contributed by atoms with Gasteiger partial charge in [0.1, 0.15) is 0 Å². The van der Waals surface area contributed by atoms with Crippen LogP contribution in [0, 0.1) is 0 Å². The molecule has 0 heterocycles. The van der Waals surface area contributed by atoms with E-state index in [1.54, 1.807) is 6.92 Å². The summed E-state index contributed by atoms with van der Waals surface area (Å²) in [5.74, 6) is -0.846. The van der Waals surface area contributed by atoms with Crippen LogP contribution in [0.15, 0.2) is 108 Å². The number of allylic oxidation sites excluding steroid dienone is 3. The molecule has 28 heavy (non-hydrogen) atoms. The van der Waals surface area contributed by atoms with Crippen molar-refractivity contribution in [2.24, 2.45) is 0 Å². The monoisotopic (exact) mass is 368 g/mol. The van der Waals surface area contributed by atoms with Crippen molar-refractivity contribution in [3.63, 3.8) is 0 Å². The average Bonchev–Trinajstić information content (AvgIpc) is 2.74. The van der Waals surface area contributed by atoms with Crippen LogP contribution in [0.1, 0.15) is 36.5 Å². The number of aliphatic carboxylic acids is 1. The Labute approximate surface area is 166 Å². The normalized spacial score (nSPS) is 12.6. The molecule has 0 amide bonds. The molecule has 0 saturated heterocycles. The van der Waals surface area contributed by atoms with Crippen LogP contribution in [-0.4, -0.2) is 11.1 Å². The van der Waals surface area contributed by atoms with Gasteiger partial charge in [-0.05, 0) is 36.1 Å². The first-order valence-electron chi connectivity index (χ1n) is 9.35. The number of carbonyl (C=O) groups is 1. The molecule has 0 atom stereocenters. The van der Waals surface area contributed by atoms with Crippen LogP contribution in [0.3, 0.4) is 0 Å². The molecule has 3 aromatic carbocycles. The molecule has 0 aliphatic carbocycles. The van der Waals surface area contributed by atoms with E-state index >= 15 is 0 Å². The predicted octanol–water partition coefficient (Wildman–Crippen LogP) is 6.32. The average molecular weight is 368 g/mol. The minimum Gasteiger partial charge on any atom is -0.478 e. The molecular weight excluding hydrogens is 344 g/mol. The number of hydrogen-bond donors (Lipinski definition) is 1. The van der Waals surface area contributed by atoms with Gasteiger partial charge >= 0.3 is 5.97 Å². The molecule has 3 aromatic rings. The van der Waals surface area contributed by atoms with Gasteiger partial charge in [0.15, 0.2) is 0 Å². The fourth-order valence-corrected chi connectivity index (χ4v) is 3.46. The third kappa shape index (κ3) is 4.47. The van der Waals surface area contributed by atoms with E-state index in [1.807, 2.05) is 72.8 Å². The van der Waals surface area contributed by atoms with Gasteiger partial charge in [0.05, 0.1) is 0 Å². The Kier molecular flexibility index (Phi) is 6.23. The van der Waals surface area contributed by atoms with Crippen molar-refractivity contribution in [2.45, 2.75) is 19.8 Å². The van der Waals surface area contributed by atoms with E-state index in [0.717, 1.165) is 16.7 Å². The SMILES string of the molecule is C/C(C(=O)O)=C(\C=C(/C)C(c1ccccc1)c1ccccc1)c1ccccc1. The standard InChI is InChI=1S/C26H24O2/c1-19(18-24(20(2)26(27)28)21-12-6-3-7-13-21)25(22-14-8-4-9-15-22)23-16-10-5-11-17-23/h3-18,25H,1-2H3,(H,27,28)/b19-18+,24-20-. The Hall–Kier alpha value is -3.39.